The van der Waals surface area contributed by atoms with Crippen molar-refractivity contribution in [2.75, 3.05) is 6.54 Å². The molecule has 2 N–H and O–H groups in total. The number of carboxylic acids is 1. The lowest BCUT2D eigenvalue weighted by Gasteiger charge is -2.13. The number of carbonyl (C=O) groups is 2. The first-order valence-electron chi connectivity index (χ1n) is 6.53. The standard InChI is InChI=1S/C13H17ClN2O4/c1-2-16-7-8(14)5-10(16)12(17)15-6-9-3-4-11(20-9)13(18)19/h5,7,9,11H,2-4,6H2,1H3,(H,15,17)(H,18,19). The van der Waals surface area contributed by atoms with Crippen LogP contribution in [-0.2, 0) is 16.1 Å². The molecule has 20 heavy (non-hydrogen) atoms. The summed E-state index contributed by atoms with van der Waals surface area (Å²) >= 11 is 5.88. The van der Waals surface area contributed by atoms with Gasteiger partial charge in [0.1, 0.15) is 5.69 Å². The maximum absolute atomic E-state index is 12.0. The zero-order valence-corrected chi connectivity index (χ0v) is 11.9. The van der Waals surface area contributed by atoms with Crippen molar-refractivity contribution in [1.29, 1.82) is 0 Å². The summed E-state index contributed by atoms with van der Waals surface area (Å²) in [5, 5.41) is 12.1. The number of hydrogen-bond acceptors (Lipinski definition) is 3. The molecule has 1 saturated heterocycles. The first-order valence-corrected chi connectivity index (χ1v) is 6.91. The molecule has 1 aromatic rings. The fraction of sp³-hybridized carbons (Fsp3) is 0.538. The van der Waals surface area contributed by atoms with Crippen molar-refractivity contribution in [3.05, 3.63) is 23.0 Å². The highest BCUT2D eigenvalue weighted by Gasteiger charge is 2.30. The summed E-state index contributed by atoms with van der Waals surface area (Å²) in [6.45, 7) is 2.87. The number of aliphatic carboxylic acids is 1. The number of aryl methyl sites for hydroxylation is 1. The highest BCUT2D eigenvalue weighted by atomic mass is 35.5. The number of carbonyl (C=O) groups excluding carboxylic acids is 1. The molecule has 0 radical (unpaired) electrons. The highest BCUT2D eigenvalue weighted by Crippen LogP contribution is 2.19. The van der Waals surface area contributed by atoms with E-state index in [0.717, 1.165) is 0 Å². The van der Waals surface area contributed by atoms with E-state index in [1.165, 1.54) is 0 Å². The minimum absolute atomic E-state index is 0.235. The molecule has 0 aromatic carbocycles. The van der Waals surface area contributed by atoms with Gasteiger partial charge in [-0.05, 0) is 25.8 Å². The number of amides is 1. The second-order valence-corrected chi connectivity index (χ2v) is 5.14. The third-order valence-electron chi connectivity index (χ3n) is 3.31. The number of rotatable bonds is 5. The lowest BCUT2D eigenvalue weighted by Crippen LogP contribution is -2.34. The molecule has 2 unspecified atom stereocenters. The minimum atomic E-state index is -0.953. The van der Waals surface area contributed by atoms with Crippen LogP contribution in [0.4, 0.5) is 0 Å². The van der Waals surface area contributed by atoms with Crippen LogP contribution in [0, 0.1) is 0 Å². The predicted molar refractivity (Wildman–Crippen MR) is 73.0 cm³/mol. The van der Waals surface area contributed by atoms with Gasteiger partial charge in [0.15, 0.2) is 6.10 Å². The average Bonchev–Trinajstić information content (AvgIpc) is 3.02. The molecule has 0 saturated carbocycles. The van der Waals surface area contributed by atoms with Crippen molar-refractivity contribution >= 4 is 23.5 Å². The van der Waals surface area contributed by atoms with Gasteiger partial charge in [0.2, 0.25) is 0 Å². The maximum Gasteiger partial charge on any atom is 0.332 e. The van der Waals surface area contributed by atoms with Crippen molar-refractivity contribution in [3.63, 3.8) is 0 Å². The van der Waals surface area contributed by atoms with E-state index in [4.69, 9.17) is 21.4 Å². The topological polar surface area (TPSA) is 80.6 Å². The monoisotopic (exact) mass is 300 g/mol. The predicted octanol–water partition coefficient (Wildman–Crippen LogP) is 1.52. The summed E-state index contributed by atoms with van der Waals surface area (Å²) in [6.07, 6.45) is 1.80. The molecule has 0 spiro atoms. The van der Waals surface area contributed by atoms with Crippen LogP contribution in [0.2, 0.25) is 5.02 Å². The molecule has 1 fully saturated rings. The second kappa shape index (κ2) is 6.28. The van der Waals surface area contributed by atoms with E-state index in [1.54, 1.807) is 16.8 Å². The summed E-state index contributed by atoms with van der Waals surface area (Å²) in [5.74, 6) is -1.19. The summed E-state index contributed by atoms with van der Waals surface area (Å²) in [4.78, 5) is 22.8. The van der Waals surface area contributed by atoms with Crippen molar-refractivity contribution in [2.45, 2.75) is 38.5 Å². The fourth-order valence-corrected chi connectivity index (χ4v) is 2.48. The third kappa shape index (κ3) is 3.32. The Morgan fingerprint density at radius 1 is 1.55 bits per heavy atom. The largest absolute Gasteiger partial charge is 0.479 e. The van der Waals surface area contributed by atoms with Gasteiger partial charge in [-0.3, -0.25) is 4.79 Å². The van der Waals surface area contributed by atoms with Gasteiger partial charge in [-0.2, -0.15) is 0 Å². The molecule has 1 aliphatic heterocycles. The smallest absolute Gasteiger partial charge is 0.332 e. The van der Waals surface area contributed by atoms with Crippen molar-refractivity contribution in [1.82, 2.24) is 9.88 Å². The molecule has 6 nitrogen and oxygen atoms in total. The molecule has 110 valence electrons. The van der Waals surface area contributed by atoms with Crippen LogP contribution >= 0.6 is 11.6 Å². The van der Waals surface area contributed by atoms with Crippen molar-refractivity contribution < 1.29 is 19.4 Å². The number of carboxylic acid groups (broad SMARTS) is 1. The normalized spacial score (nSPS) is 21.9. The molecule has 0 bridgehead atoms. The van der Waals surface area contributed by atoms with E-state index in [1.807, 2.05) is 6.92 Å². The Morgan fingerprint density at radius 3 is 2.90 bits per heavy atom. The fourth-order valence-electron chi connectivity index (χ4n) is 2.26. The Hall–Kier alpha value is -1.53. The number of aromatic nitrogens is 1. The molecule has 7 heteroatoms. The van der Waals surface area contributed by atoms with Crippen molar-refractivity contribution in [2.24, 2.45) is 0 Å². The molecular weight excluding hydrogens is 284 g/mol. The van der Waals surface area contributed by atoms with E-state index in [2.05, 4.69) is 5.32 Å². The van der Waals surface area contributed by atoms with Gasteiger partial charge in [-0.25, -0.2) is 4.79 Å². The first-order chi connectivity index (χ1) is 9.51. The molecule has 1 amide bonds. The van der Waals surface area contributed by atoms with Crippen LogP contribution in [0.5, 0.6) is 0 Å². The lowest BCUT2D eigenvalue weighted by atomic mass is 10.2. The second-order valence-electron chi connectivity index (χ2n) is 4.70. The average molecular weight is 301 g/mol. The molecule has 2 rings (SSSR count). The SMILES string of the molecule is CCn1cc(Cl)cc1C(=O)NCC1CCC(C(=O)O)O1. The van der Waals surface area contributed by atoms with Gasteiger partial charge in [0.05, 0.1) is 11.1 Å². The number of nitrogens with zero attached hydrogens (tertiary/aromatic N) is 1. The van der Waals surface area contributed by atoms with Gasteiger partial charge in [-0.15, -0.1) is 0 Å². The quantitative estimate of drug-likeness (QED) is 0.864. The van der Waals surface area contributed by atoms with Crippen molar-refractivity contribution in [3.8, 4) is 0 Å². The highest BCUT2D eigenvalue weighted by molar-refractivity contribution is 6.31. The number of ether oxygens (including phenoxy) is 1. The van der Waals surface area contributed by atoms with Gasteiger partial charge in [0, 0.05) is 19.3 Å². The molecule has 2 atom stereocenters. The van der Waals surface area contributed by atoms with Crippen LogP contribution in [0.1, 0.15) is 30.3 Å². The van der Waals surface area contributed by atoms with E-state index < -0.39 is 12.1 Å². The number of hydrogen-bond donors (Lipinski definition) is 2. The van der Waals surface area contributed by atoms with Gasteiger partial charge in [0.25, 0.3) is 5.91 Å². The van der Waals surface area contributed by atoms with Gasteiger partial charge in [-0.1, -0.05) is 11.6 Å². The van der Waals surface area contributed by atoms with E-state index in [9.17, 15) is 9.59 Å². The maximum atomic E-state index is 12.0. The first kappa shape index (κ1) is 14.9. The van der Waals surface area contributed by atoms with E-state index in [0.29, 0.717) is 36.6 Å². The van der Waals surface area contributed by atoms with Gasteiger partial charge >= 0.3 is 5.97 Å². The Bertz CT molecular complexity index is 514. The summed E-state index contributed by atoms with van der Waals surface area (Å²) in [7, 11) is 0. The van der Waals surface area contributed by atoms with Crippen LogP contribution in [-0.4, -0.2) is 40.3 Å². The summed E-state index contributed by atoms with van der Waals surface area (Å²) in [6, 6.07) is 1.61. The van der Waals surface area contributed by atoms with Crippen LogP contribution in [0.25, 0.3) is 0 Å². The summed E-state index contributed by atoms with van der Waals surface area (Å²) < 4.78 is 7.08. The Kier molecular flexibility index (Phi) is 4.67. The molecular formula is C13H17ClN2O4. The molecule has 2 heterocycles. The van der Waals surface area contributed by atoms with Crippen LogP contribution in [0.3, 0.4) is 0 Å². The molecule has 1 aliphatic rings. The van der Waals surface area contributed by atoms with Crippen LogP contribution in [0.15, 0.2) is 12.3 Å². The zero-order chi connectivity index (χ0) is 14.7. The Morgan fingerprint density at radius 2 is 2.30 bits per heavy atom. The zero-order valence-electron chi connectivity index (χ0n) is 11.1. The van der Waals surface area contributed by atoms with Crippen LogP contribution < -0.4 is 5.32 Å². The van der Waals surface area contributed by atoms with E-state index >= 15 is 0 Å². The number of halogens is 1. The molecule has 1 aromatic heterocycles. The third-order valence-corrected chi connectivity index (χ3v) is 3.52. The minimum Gasteiger partial charge on any atom is -0.479 e. The van der Waals surface area contributed by atoms with Gasteiger partial charge < -0.3 is 19.7 Å². The Balaban J connectivity index is 1.88. The Labute approximate surface area is 121 Å². The lowest BCUT2D eigenvalue weighted by molar-refractivity contribution is -0.149. The summed E-state index contributed by atoms with van der Waals surface area (Å²) in [5.41, 5.74) is 0.491. The number of nitrogens with one attached hydrogen (secondary N) is 1. The molecule has 0 aliphatic carbocycles. The van der Waals surface area contributed by atoms with E-state index in [-0.39, 0.29) is 12.0 Å².